The fourth-order valence-electron chi connectivity index (χ4n) is 11.6. The Bertz CT molecular complexity index is 3020. The summed E-state index contributed by atoms with van der Waals surface area (Å²) in [7, 11) is 0. The van der Waals surface area contributed by atoms with Gasteiger partial charge in [-0.2, -0.15) is 0 Å². The van der Waals surface area contributed by atoms with E-state index in [-0.39, 0.29) is 33.8 Å². The highest BCUT2D eigenvalue weighted by Gasteiger charge is 2.48. The first-order chi connectivity index (χ1) is 30.5. The van der Waals surface area contributed by atoms with Crippen LogP contribution < -0.4 is 26.2 Å². The molecule has 328 valence electrons. The van der Waals surface area contributed by atoms with Crippen LogP contribution in [0.3, 0.4) is 0 Å². The minimum Gasteiger partial charge on any atom is -0.311 e. The molecule has 0 unspecified atom stereocenters. The second-order valence-corrected chi connectivity index (χ2v) is 24.0. The average molecular weight is 851 g/mol. The summed E-state index contributed by atoms with van der Waals surface area (Å²) in [4.78, 5) is 5.28. The molecule has 3 aliphatic rings. The van der Waals surface area contributed by atoms with Crippen molar-refractivity contribution >= 4 is 57.2 Å². The molecule has 2 nitrogen and oxygen atoms in total. The number of anilines is 6. The molecule has 7 aromatic rings. The van der Waals surface area contributed by atoms with Gasteiger partial charge >= 0.3 is 0 Å². The molecule has 7 aromatic carbocycles. The molecule has 1 aliphatic carbocycles. The van der Waals surface area contributed by atoms with E-state index in [1.54, 1.807) is 0 Å². The van der Waals surface area contributed by atoms with Gasteiger partial charge in [0.2, 0.25) is 0 Å². The van der Waals surface area contributed by atoms with Crippen molar-refractivity contribution in [3.05, 3.63) is 173 Å². The Morgan fingerprint density at radius 3 is 1.62 bits per heavy atom. The van der Waals surface area contributed by atoms with Gasteiger partial charge in [-0.1, -0.05) is 181 Å². The molecule has 0 atom stereocenters. The van der Waals surface area contributed by atoms with E-state index in [2.05, 4.69) is 246 Å². The van der Waals surface area contributed by atoms with Crippen molar-refractivity contribution in [3.63, 3.8) is 0 Å². The molecule has 65 heavy (non-hydrogen) atoms. The molecule has 0 N–H and O–H groups in total. The zero-order valence-corrected chi connectivity index (χ0v) is 41.5. The van der Waals surface area contributed by atoms with E-state index in [1.807, 2.05) is 0 Å². The highest BCUT2D eigenvalue weighted by Crippen LogP contribution is 2.54. The van der Waals surface area contributed by atoms with Crippen molar-refractivity contribution in [2.45, 2.75) is 130 Å². The van der Waals surface area contributed by atoms with Crippen molar-refractivity contribution in [2.75, 3.05) is 9.80 Å². The van der Waals surface area contributed by atoms with Crippen LogP contribution in [0.15, 0.2) is 140 Å². The van der Waals surface area contributed by atoms with Gasteiger partial charge in [0.25, 0.3) is 6.71 Å². The van der Waals surface area contributed by atoms with Crippen LogP contribution in [0.2, 0.25) is 0 Å². The van der Waals surface area contributed by atoms with Crippen LogP contribution in [0.25, 0.3) is 22.3 Å². The van der Waals surface area contributed by atoms with E-state index in [0.717, 1.165) is 6.42 Å². The Morgan fingerprint density at radius 1 is 0.431 bits per heavy atom. The van der Waals surface area contributed by atoms with Crippen LogP contribution in [-0.4, -0.2) is 6.71 Å². The minimum atomic E-state index is -0.0290. The molecule has 10 rings (SSSR count). The van der Waals surface area contributed by atoms with Gasteiger partial charge in [-0.3, -0.25) is 0 Å². The molecule has 0 amide bonds. The van der Waals surface area contributed by atoms with Crippen LogP contribution in [0.5, 0.6) is 0 Å². The van der Waals surface area contributed by atoms with Gasteiger partial charge in [0.05, 0.1) is 5.69 Å². The molecule has 0 saturated carbocycles. The quantitative estimate of drug-likeness (QED) is 0.163. The van der Waals surface area contributed by atoms with E-state index in [1.165, 1.54) is 106 Å². The fraction of sp³-hybridized carbons (Fsp3) is 0.323. The molecule has 0 saturated heterocycles. The number of hydrogen-bond acceptors (Lipinski definition) is 2. The van der Waals surface area contributed by atoms with E-state index in [0.29, 0.717) is 0 Å². The number of nitrogens with zero attached hydrogens (tertiary/aromatic N) is 2. The Labute approximate surface area is 390 Å². The monoisotopic (exact) mass is 851 g/mol. The summed E-state index contributed by atoms with van der Waals surface area (Å²) in [6.07, 6.45) is 1.11. The zero-order chi connectivity index (χ0) is 46.2. The molecule has 0 fully saturated rings. The summed E-state index contributed by atoms with van der Waals surface area (Å²) in [5, 5.41) is 0. The minimum absolute atomic E-state index is 0.00205. The summed E-state index contributed by atoms with van der Waals surface area (Å²) >= 11 is 0. The Morgan fingerprint density at radius 2 is 0.969 bits per heavy atom. The van der Waals surface area contributed by atoms with Crippen LogP contribution in [0.1, 0.15) is 130 Å². The van der Waals surface area contributed by atoms with Crippen molar-refractivity contribution < 1.29 is 0 Å². The maximum absolute atomic E-state index is 2.67. The number of aryl methyl sites for hydroxylation is 1. The van der Waals surface area contributed by atoms with Crippen molar-refractivity contribution in [3.8, 4) is 22.3 Å². The second kappa shape index (κ2) is 14.6. The largest absolute Gasteiger partial charge is 0.311 e. The van der Waals surface area contributed by atoms with Gasteiger partial charge in [-0.25, -0.2) is 0 Å². The predicted octanol–water partition coefficient (Wildman–Crippen LogP) is 15.3. The van der Waals surface area contributed by atoms with Gasteiger partial charge in [-0.05, 0) is 155 Å². The molecule has 3 heteroatoms. The first-order valence-electron chi connectivity index (χ1n) is 24.0. The normalized spacial score (nSPS) is 15.9. The third kappa shape index (κ3) is 7.16. The number of rotatable bonds is 4. The molecule has 0 radical (unpaired) electrons. The van der Waals surface area contributed by atoms with Crippen molar-refractivity contribution in [1.29, 1.82) is 0 Å². The zero-order valence-electron chi connectivity index (χ0n) is 41.5. The van der Waals surface area contributed by atoms with Crippen LogP contribution in [0.4, 0.5) is 34.1 Å². The second-order valence-electron chi connectivity index (χ2n) is 24.0. The maximum atomic E-state index is 2.67. The van der Waals surface area contributed by atoms with Crippen molar-refractivity contribution in [2.24, 2.45) is 0 Å². The summed E-state index contributed by atoms with van der Waals surface area (Å²) in [6.45, 7) is 33.2. The summed E-state index contributed by atoms with van der Waals surface area (Å²) < 4.78 is 0. The lowest BCUT2D eigenvalue weighted by Crippen LogP contribution is -2.61. The first kappa shape index (κ1) is 43.1. The average Bonchev–Trinajstić information content (AvgIpc) is 3.43. The molecule has 0 spiro atoms. The highest BCUT2D eigenvalue weighted by atomic mass is 15.2. The van der Waals surface area contributed by atoms with Gasteiger partial charge in [0.1, 0.15) is 0 Å². The summed E-state index contributed by atoms with van der Waals surface area (Å²) in [6, 6.07) is 54.3. The van der Waals surface area contributed by atoms with Crippen molar-refractivity contribution in [1.82, 2.24) is 0 Å². The van der Waals surface area contributed by atoms with Crippen LogP contribution in [0, 0.1) is 6.92 Å². The first-order valence-corrected chi connectivity index (χ1v) is 24.0. The molecule has 2 heterocycles. The van der Waals surface area contributed by atoms with E-state index >= 15 is 0 Å². The summed E-state index contributed by atoms with van der Waals surface area (Å²) in [5.41, 5.74) is 24.9. The van der Waals surface area contributed by atoms with Gasteiger partial charge < -0.3 is 9.80 Å². The lowest BCUT2D eigenvalue weighted by atomic mass is 9.33. The third-order valence-corrected chi connectivity index (χ3v) is 14.9. The predicted molar refractivity (Wildman–Crippen MR) is 283 cm³/mol. The molecular weight excluding hydrogens is 784 g/mol. The highest BCUT2D eigenvalue weighted by molar-refractivity contribution is 7.00. The maximum Gasteiger partial charge on any atom is 0.252 e. The molecule has 2 aliphatic heterocycles. The molecule has 0 bridgehead atoms. The number of hydrogen-bond donors (Lipinski definition) is 0. The summed E-state index contributed by atoms with van der Waals surface area (Å²) in [5.74, 6) is 0. The lowest BCUT2D eigenvalue weighted by Gasteiger charge is -2.45. The van der Waals surface area contributed by atoms with Gasteiger partial charge in [-0.15, -0.1) is 0 Å². The third-order valence-electron chi connectivity index (χ3n) is 14.9. The molecule has 0 aromatic heterocycles. The Kier molecular flexibility index (Phi) is 9.69. The number of benzene rings is 7. The topological polar surface area (TPSA) is 6.48 Å². The van der Waals surface area contributed by atoms with E-state index in [4.69, 9.17) is 0 Å². The fourth-order valence-corrected chi connectivity index (χ4v) is 11.6. The van der Waals surface area contributed by atoms with Gasteiger partial charge in [0, 0.05) is 34.0 Å². The Balaban J connectivity index is 1.31. The van der Waals surface area contributed by atoms with E-state index < -0.39 is 0 Å². The van der Waals surface area contributed by atoms with Gasteiger partial charge in [0.15, 0.2) is 0 Å². The SMILES string of the molecule is Cc1cc2c3c(c1)N(c1ccc(C(C)(C)C)cc1-c1ccc(-c4ccccc4)cc1)c1cc4c(cc1B3c1ccc(C(C)(C)C)cc1N2c1cccc(C(C)(C)C)c1)C(C)(C)CC4(C)C. The lowest BCUT2D eigenvalue weighted by molar-refractivity contribution is 0.403. The van der Waals surface area contributed by atoms with E-state index in [9.17, 15) is 0 Å². The standard InChI is InChI=1S/C62H67BN2/c1-39-31-55-57-56(32-39)65(52-30-28-44(59(5,6)7)34-47(52)42-25-23-41(24-26-42)40-19-16-15-17-20-40)54-37-49-48(61(11,12)38-62(49,13)14)36-51(54)63(57)50-29-27-45(60(8,9)10)35-53(50)64(55)46-22-18-21-43(33-46)58(2,3)4/h15-37H,38H2,1-14H3. The smallest absolute Gasteiger partial charge is 0.252 e. The Hall–Kier alpha value is -5.80. The number of fused-ring (bicyclic) bond motifs is 5. The van der Waals surface area contributed by atoms with Crippen LogP contribution in [-0.2, 0) is 27.1 Å². The molecular formula is C62H67BN2. The van der Waals surface area contributed by atoms with Crippen LogP contribution >= 0.6 is 0 Å².